The van der Waals surface area contributed by atoms with Crippen molar-refractivity contribution in [1.82, 2.24) is 10.2 Å². The molecular weight excluding hydrogens is 428 g/mol. The molecule has 0 spiro atoms. The average Bonchev–Trinajstić information content (AvgIpc) is 3.18. The minimum Gasteiger partial charge on any atom is -0.486 e. The summed E-state index contributed by atoms with van der Waals surface area (Å²) in [6.07, 6.45) is 0.509. The number of fused-ring (bicyclic) bond motifs is 3. The Labute approximate surface area is 194 Å². The zero-order valence-corrected chi connectivity index (χ0v) is 19.4. The zero-order chi connectivity index (χ0) is 24.0. The number of hydrogen-bond donors (Lipinski definition) is 3. The molecule has 0 unspecified atom stereocenters. The summed E-state index contributed by atoms with van der Waals surface area (Å²) in [7, 11) is 1.44. The second kappa shape index (κ2) is 11.6. The van der Waals surface area contributed by atoms with Crippen LogP contribution in [0.25, 0.3) is 0 Å². The largest absolute Gasteiger partial charge is 0.486 e. The fourth-order valence-corrected chi connectivity index (χ4v) is 4.39. The third kappa shape index (κ3) is 5.73. The first-order valence-corrected chi connectivity index (χ1v) is 11.3. The maximum absolute atomic E-state index is 13.0. The Bertz CT molecular complexity index is 857. The number of carbonyl (C=O) groups is 2. The molecule has 2 aliphatic rings. The van der Waals surface area contributed by atoms with E-state index in [1.807, 2.05) is 32.0 Å². The zero-order valence-electron chi connectivity index (χ0n) is 19.4. The van der Waals surface area contributed by atoms with Crippen LogP contribution in [-0.4, -0.2) is 91.3 Å². The molecule has 0 fully saturated rings. The number of nitrogens with one attached hydrogen (secondary N) is 1. The Morgan fingerprint density at radius 3 is 2.73 bits per heavy atom. The molecule has 0 radical (unpaired) electrons. The summed E-state index contributed by atoms with van der Waals surface area (Å²) in [5.41, 5.74) is 1.22. The van der Waals surface area contributed by atoms with Gasteiger partial charge >= 0.3 is 0 Å². The third-order valence-electron chi connectivity index (χ3n) is 5.82. The van der Waals surface area contributed by atoms with Gasteiger partial charge in [-0.1, -0.05) is 18.2 Å². The molecule has 2 amide bonds. The highest BCUT2D eigenvalue weighted by Gasteiger charge is 2.50. The SMILES string of the molecule is COCC(=O)N(CCCOC(C)C)[C@@H]1C=C(C(=O)NCCO)[C@@H]2c3ccccc3O[C@@H]2[C@H]1O. The molecular formula is C24H34N2O7. The van der Waals surface area contributed by atoms with Crippen LogP contribution < -0.4 is 10.1 Å². The van der Waals surface area contributed by atoms with Gasteiger partial charge in [0.1, 0.15) is 24.6 Å². The van der Waals surface area contributed by atoms with E-state index < -0.39 is 24.2 Å². The smallest absolute Gasteiger partial charge is 0.249 e. The summed E-state index contributed by atoms with van der Waals surface area (Å²) >= 11 is 0. The molecule has 3 rings (SSSR count). The monoisotopic (exact) mass is 462 g/mol. The van der Waals surface area contributed by atoms with Crippen LogP contribution in [0.1, 0.15) is 31.7 Å². The molecule has 9 heteroatoms. The van der Waals surface area contributed by atoms with Crippen LogP contribution >= 0.6 is 0 Å². The number of carbonyl (C=O) groups excluding carboxylic acids is 2. The second-order valence-corrected chi connectivity index (χ2v) is 8.47. The Morgan fingerprint density at radius 2 is 2.03 bits per heavy atom. The van der Waals surface area contributed by atoms with Crippen molar-refractivity contribution in [3.63, 3.8) is 0 Å². The second-order valence-electron chi connectivity index (χ2n) is 8.47. The summed E-state index contributed by atoms with van der Waals surface area (Å²) in [6, 6.07) is 6.58. The lowest BCUT2D eigenvalue weighted by Crippen LogP contribution is -2.56. The predicted octanol–water partition coefficient (Wildman–Crippen LogP) is 0.599. The molecule has 4 atom stereocenters. The number of methoxy groups -OCH3 is 1. The van der Waals surface area contributed by atoms with Crippen molar-refractivity contribution in [3.05, 3.63) is 41.5 Å². The lowest BCUT2D eigenvalue weighted by atomic mass is 9.77. The van der Waals surface area contributed by atoms with Gasteiger partial charge in [-0.05, 0) is 32.4 Å². The minimum absolute atomic E-state index is 0.0706. The Hall–Kier alpha value is -2.46. The van der Waals surface area contributed by atoms with Crippen molar-refractivity contribution >= 4 is 11.8 Å². The van der Waals surface area contributed by atoms with Gasteiger partial charge in [-0.2, -0.15) is 0 Å². The molecule has 0 bridgehead atoms. The molecule has 1 aliphatic heterocycles. The molecule has 33 heavy (non-hydrogen) atoms. The molecule has 3 N–H and O–H groups in total. The normalized spacial score (nSPS) is 23.4. The molecule has 9 nitrogen and oxygen atoms in total. The number of aliphatic hydroxyl groups is 2. The quantitative estimate of drug-likeness (QED) is 0.412. The van der Waals surface area contributed by atoms with Crippen molar-refractivity contribution < 1.29 is 34.0 Å². The lowest BCUT2D eigenvalue weighted by molar-refractivity contribution is -0.141. The van der Waals surface area contributed by atoms with E-state index in [1.165, 1.54) is 12.0 Å². The number of nitrogens with zero attached hydrogens (tertiary/aromatic N) is 1. The first kappa shape index (κ1) is 25.2. The fourth-order valence-electron chi connectivity index (χ4n) is 4.39. The van der Waals surface area contributed by atoms with E-state index in [1.54, 1.807) is 12.1 Å². The molecule has 1 heterocycles. The van der Waals surface area contributed by atoms with Crippen molar-refractivity contribution in [3.8, 4) is 5.75 Å². The standard InChI is InChI=1S/C24H34N2O7/c1-15(2)32-12-6-10-26(20(28)14-31-3)18-13-17(24(30)25-9-11-27)21-16-7-4-5-8-19(16)33-23(21)22(18)29/h4-5,7-8,13,15,18,21-23,27,29H,6,9-12,14H2,1-3H3,(H,25,30)/t18-,21+,22+,23+/m1/s1. The highest BCUT2D eigenvalue weighted by molar-refractivity contribution is 5.96. The summed E-state index contributed by atoms with van der Waals surface area (Å²) < 4.78 is 16.7. The van der Waals surface area contributed by atoms with Crippen LogP contribution in [0.2, 0.25) is 0 Å². The van der Waals surface area contributed by atoms with E-state index in [0.717, 1.165) is 5.56 Å². The van der Waals surface area contributed by atoms with Crippen LogP contribution in [0.4, 0.5) is 0 Å². The van der Waals surface area contributed by atoms with Gasteiger partial charge in [-0.3, -0.25) is 9.59 Å². The number of ether oxygens (including phenoxy) is 3. The van der Waals surface area contributed by atoms with Crippen LogP contribution in [0, 0.1) is 0 Å². The highest BCUT2D eigenvalue weighted by atomic mass is 16.5. The third-order valence-corrected chi connectivity index (χ3v) is 5.82. The van der Waals surface area contributed by atoms with Gasteiger partial charge in [0.15, 0.2) is 0 Å². The minimum atomic E-state index is -1.05. The molecule has 1 aromatic carbocycles. The van der Waals surface area contributed by atoms with Gasteiger partial charge in [0, 0.05) is 37.9 Å². The number of aliphatic hydroxyl groups excluding tert-OH is 2. The van der Waals surface area contributed by atoms with E-state index in [9.17, 15) is 14.7 Å². The summed E-state index contributed by atoms with van der Waals surface area (Å²) in [5.74, 6) is -0.534. The maximum Gasteiger partial charge on any atom is 0.249 e. The van der Waals surface area contributed by atoms with E-state index in [2.05, 4.69) is 5.32 Å². The molecule has 182 valence electrons. The van der Waals surface area contributed by atoms with Crippen molar-refractivity contribution in [1.29, 1.82) is 0 Å². The Morgan fingerprint density at radius 1 is 1.27 bits per heavy atom. The topological polar surface area (TPSA) is 118 Å². The van der Waals surface area contributed by atoms with Crippen LogP contribution in [0.15, 0.2) is 35.9 Å². The van der Waals surface area contributed by atoms with E-state index in [-0.39, 0.29) is 37.7 Å². The van der Waals surface area contributed by atoms with E-state index >= 15 is 0 Å². The van der Waals surface area contributed by atoms with E-state index in [0.29, 0.717) is 30.9 Å². The molecule has 0 aromatic heterocycles. The van der Waals surface area contributed by atoms with Gasteiger partial charge in [0.05, 0.1) is 24.7 Å². The molecule has 1 aromatic rings. The van der Waals surface area contributed by atoms with Crippen molar-refractivity contribution in [2.24, 2.45) is 0 Å². The number of hydrogen-bond acceptors (Lipinski definition) is 7. The van der Waals surface area contributed by atoms with E-state index in [4.69, 9.17) is 19.3 Å². The summed E-state index contributed by atoms with van der Waals surface area (Å²) in [4.78, 5) is 27.5. The van der Waals surface area contributed by atoms with Crippen LogP contribution in [-0.2, 0) is 19.1 Å². The van der Waals surface area contributed by atoms with Gasteiger partial charge in [0.2, 0.25) is 11.8 Å². The van der Waals surface area contributed by atoms with Crippen molar-refractivity contribution in [2.45, 2.75) is 50.5 Å². The van der Waals surface area contributed by atoms with Crippen molar-refractivity contribution in [2.75, 3.05) is 40.0 Å². The van der Waals surface area contributed by atoms with Gasteiger partial charge in [-0.15, -0.1) is 0 Å². The van der Waals surface area contributed by atoms with Crippen LogP contribution in [0.3, 0.4) is 0 Å². The maximum atomic E-state index is 13.0. The average molecular weight is 463 g/mol. The molecule has 0 saturated heterocycles. The Kier molecular flexibility index (Phi) is 8.85. The number of para-hydroxylation sites is 1. The summed E-state index contributed by atoms with van der Waals surface area (Å²) in [5, 5.41) is 23.2. The number of benzene rings is 1. The number of rotatable bonds is 11. The fraction of sp³-hybridized carbons (Fsp3) is 0.583. The Balaban J connectivity index is 1.94. The number of amides is 2. The first-order valence-electron chi connectivity index (χ1n) is 11.3. The summed E-state index contributed by atoms with van der Waals surface area (Å²) in [6.45, 7) is 4.41. The van der Waals surface area contributed by atoms with Gasteiger partial charge < -0.3 is 34.6 Å². The van der Waals surface area contributed by atoms with Gasteiger partial charge in [-0.25, -0.2) is 0 Å². The van der Waals surface area contributed by atoms with Crippen LogP contribution in [0.5, 0.6) is 5.75 Å². The molecule has 1 aliphatic carbocycles. The lowest BCUT2D eigenvalue weighted by Gasteiger charge is -2.40. The van der Waals surface area contributed by atoms with Gasteiger partial charge in [0.25, 0.3) is 0 Å². The molecule has 0 saturated carbocycles. The highest BCUT2D eigenvalue weighted by Crippen LogP contribution is 2.47. The predicted molar refractivity (Wildman–Crippen MR) is 121 cm³/mol. The first-order chi connectivity index (χ1) is 15.9.